The Morgan fingerprint density at radius 3 is 2.39 bits per heavy atom. The Bertz CT molecular complexity index is 635. The third-order valence-corrected chi connectivity index (χ3v) is 2.49. The summed E-state index contributed by atoms with van der Waals surface area (Å²) in [5.41, 5.74) is 0.244. The second-order valence-corrected chi connectivity index (χ2v) is 3.62. The van der Waals surface area contributed by atoms with Crippen LogP contribution in [0.5, 0.6) is 11.6 Å². The molecule has 0 unspecified atom stereocenters. The highest BCUT2D eigenvalue weighted by atomic mass is 16.5. The topological polar surface area (TPSA) is 81.7 Å². The molecular formula is C12H11NO5. The quantitative estimate of drug-likeness (QED) is 0.863. The van der Waals surface area contributed by atoms with Crippen LogP contribution in [0.1, 0.15) is 16.1 Å². The van der Waals surface area contributed by atoms with Crippen LogP contribution in [0, 0.1) is 6.92 Å². The van der Waals surface area contributed by atoms with Gasteiger partial charge in [0.05, 0.1) is 7.11 Å². The Hall–Kier alpha value is -2.50. The van der Waals surface area contributed by atoms with Crippen molar-refractivity contribution in [1.29, 1.82) is 0 Å². The van der Waals surface area contributed by atoms with Crippen molar-refractivity contribution in [3.63, 3.8) is 0 Å². The number of rotatable bonds is 2. The Balaban J connectivity index is 2.44. The molecule has 0 spiro atoms. The molecule has 1 heterocycles. The smallest absolute Gasteiger partial charge is 0.429 e. The summed E-state index contributed by atoms with van der Waals surface area (Å²) < 4.78 is 10.2. The van der Waals surface area contributed by atoms with Gasteiger partial charge < -0.3 is 14.3 Å². The van der Waals surface area contributed by atoms with Crippen molar-refractivity contribution in [2.75, 3.05) is 7.11 Å². The number of carbonyl (C=O) groups excluding carboxylic acids is 1. The van der Waals surface area contributed by atoms with E-state index in [1.165, 1.54) is 26.2 Å². The number of carbonyl (C=O) groups is 1. The molecule has 0 aliphatic rings. The maximum atomic E-state index is 12.0. The predicted octanol–water partition coefficient (Wildman–Crippen LogP) is 1.15. The van der Waals surface area contributed by atoms with Crippen molar-refractivity contribution >= 4 is 5.91 Å². The third kappa shape index (κ3) is 1.88. The summed E-state index contributed by atoms with van der Waals surface area (Å²) in [5.74, 6) is -1.46. The van der Waals surface area contributed by atoms with Crippen molar-refractivity contribution in [2.24, 2.45) is 0 Å². The summed E-state index contributed by atoms with van der Waals surface area (Å²) in [6, 6.07) is 6.16. The van der Waals surface area contributed by atoms with Gasteiger partial charge in [0, 0.05) is 5.56 Å². The highest BCUT2D eigenvalue weighted by Crippen LogP contribution is 2.17. The van der Waals surface area contributed by atoms with E-state index >= 15 is 0 Å². The fraction of sp³-hybridized carbons (Fsp3) is 0.167. The summed E-state index contributed by atoms with van der Waals surface area (Å²) in [4.78, 5) is 23.4. The zero-order valence-electron chi connectivity index (χ0n) is 9.84. The highest BCUT2D eigenvalue weighted by Gasteiger charge is 2.20. The number of benzene rings is 1. The molecular weight excluding hydrogens is 238 g/mol. The molecule has 0 atom stereocenters. The first kappa shape index (κ1) is 12.0. The van der Waals surface area contributed by atoms with Crippen LogP contribution in [-0.4, -0.2) is 22.7 Å². The lowest BCUT2D eigenvalue weighted by molar-refractivity contribution is 0.0943. The Morgan fingerprint density at radius 2 is 1.94 bits per heavy atom. The lowest BCUT2D eigenvalue weighted by Gasteiger charge is -2.03. The van der Waals surface area contributed by atoms with E-state index in [1.807, 2.05) is 0 Å². The van der Waals surface area contributed by atoms with E-state index in [-0.39, 0.29) is 11.3 Å². The van der Waals surface area contributed by atoms with E-state index in [0.717, 1.165) is 0 Å². The summed E-state index contributed by atoms with van der Waals surface area (Å²) in [7, 11) is 1.51. The minimum absolute atomic E-state index is 0.00172. The number of oxazole rings is 1. The van der Waals surface area contributed by atoms with Crippen LogP contribution in [0.25, 0.3) is 0 Å². The Morgan fingerprint density at radius 1 is 1.33 bits per heavy atom. The molecule has 0 aliphatic heterocycles. The molecule has 1 N–H and O–H groups in total. The molecule has 18 heavy (non-hydrogen) atoms. The van der Waals surface area contributed by atoms with Crippen molar-refractivity contribution in [2.45, 2.75) is 6.92 Å². The zero-order chi connectivity index (χ0) is 13.3. The molecule has 0 radical (unpaired) electrons. The number of aromatic hydroxyl groups is 1. The van der Waals surface area contributed by atoms with Crippen LogP contribution in [0.3, 0.4) is 0 Å². The number of nitrogens with zero attached hydrogens (tertiary/aromatic N) is 1. The van der Waals surface area contributed by atoms with Crippen molar-refractivity contribution < 1.29 is 19.1 Å². The zero-order valence-corrected chi connectivity index (χ0v) is 9.84. The molecule has 94 valence electrons. The molecule has 0 saturated heterocycles. The van der Waals surface area contributed by atoms with E-state index in [9.17, 15) is 14.7 Å². The van der Waals surface area contributed by atoms with E-state index in [2.05, 4.69) is 4.42 Å². The van der Waals surface area contributed by atoms with Crippen LogP contribution in [0.4, 0.5) is 0 Å². The monoisotopic (exact) mass is 249 g/mol. The third-order valence-electron chi connectivity index (χ3n) is 2.49. The average Bonchev–Trinajstić information content (AvgIpc) is 2.63. The standard InChI is InChI=1S/C12H11NO5/c1-7-10(14)13(12(16)18-7)11(15)8-3-5-9(17-2)6-4-8/h3-6,14H,1-2H3. The van der Waals surface area contributed by atoms with Crippen LogP contribution in [0.2, 0.25) is 0 Å². The largest absolute Gasteiger partial charge is 0.497 e. The van der Waals surface area contributed by atoms with Gasteiger partial charge in [0.1, 0.15) is 5.75 Å². The van der Waals surface area contributed by atoms with Crippen LogP contribution in [-0.2, 0) is 0 Å². The van der Waals surface area contributed by atoms with Crippen LogP contribution < -0.4 is 10.5 Å². The van der Waals surface area contributed by atoms with Gasteiger partial charge in [-0.15, -0.1) is 0 Å². The van der Waals surface area contributed by atoms with Gasteiger partial charge in [-0.05, 0) is 31.2 Å². The molecule has 0 saturated carbocycles. The summed E-state index contributed by atoms with van der Waals surface area (Å²) in [5, 5.41) is 9.57. The SMILES string of the molecule is COc1ccc(C(=O)n2c(O)c(C)oc2=O)cc1. The number of aromatic nitrogens is 1. The van der Waals surface area contributed by atoms with Crippen LogP contribution >= 0.6 is 0 Å². The first-order chi connectivity index (χ1) is 8.54. The molecule has 0 aliphatic carbocycles. The number of hydrogen-bond acceptors (Lipinski definition) is 5. The van der Waals surface area contributed by atoms with E-state index < -0.39 is 17.5 Å². The molecule has 1 aromatic heterocycles. The lowest BCUT2D eigenvalue weighted by atomic mass is 10.2. The number of aryl methyl sites for hydroxylation is 1. The van der Waals surface area contributed by atoms with E-state index in [4.69, 9.17) is 4.74 Å². The first-order valence-corrected chi connectivity index (χ1v) is 5.14. The number of hydrogen-bond donors (Lipinski definition) is 1. The maximum absolute atomic E-state index is 12.0. The molecule has 0 amide bonds. The average molecular weight is 249 g/mol. The molecule has 6 heteroatoms. The van der Waals surface area contributed by atoms with Crippen LogP contribution in [0.15, 0.2) is 33.5 Å². The summed E-state index contributed by atoms with van der Waals surface area (Å²) in [6.45, 7) is 1.40. The fourth-order valence-electron chi connectivity index (χ4n) is 1.51. The summed E-state index contributed by atoms with van der Waals surface area (Å²) >= 11 is 0. The normalized spacial score (nSPS) is 10.3. The second kappa shape index (κ2) is 4.40. The number of ether oxygens (including phenoxy) is 1. The second-order valence-electron chi connectivity index (χ2n) is 3.62. The minimum Gasteiger partial charge on any atom is -0.497 e. The highest BCUT2D eigenvalue weighted by molar-refractivity contribution is 5.96. The molecule has 2 aromatic rings. The van der Waals surface area contributed by atoms with Crippen molar-refractivity contribution in [1.82, 2.24) is 4.57 Å². The van der Waals surface area contributed by atoms with Crippen molar-refractivity contribution in [3.05, 3.63) is 46.1 Å². The molecule has 6 nitrogen and oxygen atoms in total. The molecule has 0 fully saturated rings. The van der Waals surface area contributed by atoms with Gasteiger partial charge in [0.15, 0.2) is 5.76 Å². The fourth-order valence-corrected chi connectivity index (χ4v) is 1.51. The van der Waals surface area contributed by atoms with Gasteiger partial charge in [-0.2, -0.15) is 4.57 Å². The van der Waals surface area contributed by atoms with Crippen molar-refractivity contribution in [3.8, 4) is 11.6 Å². The van der Waals surface area contributed by atoms with Gasteiger partial charge in [0.25, 0.3) is 5.91 Å². The Labute approximate surface area is 102 Å². The molecule has 0 bridgehead atoms. The van der Waals surface area contributed by atoms with Gasteiger partial charge in [-0.3, -0.25) is 4.79 Å². The van der Waals surface area contributed by atoms with Gasteiger partial charge >= 0.3 is 5.76 Å². The van der Waals surface area contributed by atoms with Gasteiger partial charge in [-0.1, -0.05) is 0 Å². The van der Waals surface area contributed by atoms with Gasteiger partial charge in [-0.25, -0.2) is 4.79 Å². The maximum Gasteiger partial charge on any atom is 0.429 e. The Kier molecular flexibility index (Phi) is 2.93. The number of methoxy groups -OCH3 is 1. The predicted molar refractivity (Wildman–Crippen MR) is 62.1 cm³/mol. The van der Waals surface area contributed by atoms with E-state index in [1.54, 1.807) is 12.1 Å². The molecule has 1 aromatic carbocycles. The van der Waals surface area contributed by atoms with Gasteiger partial charge in [0.2, 0.25) is 5.88 Å². The van der Waals surface area contributed by atoms with E-state index in [0.29, 0.717) is 10.3 Å². The first-order valence-electron chi connectivity index (χ1n) is 5.14. The molecule has 2 rings (SSSR count). The summed E-state index contributed by atoms with van der Waals surface area (Å²) in [6.07, 6.45) is 0. The lowest BCUT2D eigenvalue weighted by Crippen LogP contribution is -2.22. The minimum atomic E-state index is -0.911.